The lowest BCUT2D eigenvalue weighted by Gasteiger charge is -2.11. The molecule has 2 aromatic carbocycles. The van der Waals surface area contributed by atoms with E-state index in [-0.39, 0.29) is 0 Å². The minimum absolute atomic E-state index is 0.919. The van der Waals surface area contributed by atoms with Crippen molar-refractivity contribution < 1.29 is 4.70 Å². The first-order chi connectivity index (χ1) is 16.1. The molecule has 1 aliphatic heterocycles. The maximum atomic E-state index is 11.6. The predicted octanol–water partition coefficient (Wildman–Crippen LogP) is 9.53. The molecule has 0 aliphatic carbocycles. The molecule has 0 saturated carbocycles. The summed E-state index contributed by atoms with van der Waals surface area (Å²) in [4.78, 5) is 0. The number of hydrogen-bond donors (Lipinski definition) is 0. The van der Waals surface area contributed by atoms with Crippen molar-refractivity contribution in [1.82, 2.24) is 0 Å². The lowest BCUT2D eigenvalue weighted by Crippen LogP contribution is -2.03. The van der Waals surface area contributed by atoms with E-state index in [9.17, 15) is 5.53 Å². The topological polar surface area (TPSA) is 25.3 Å². The van der Waals surface area contributed by atoms with Crippen LogP contribution in [0.2, 0.25) is 0 Å². The molecule has 0 spiro atoms. The van der Waals surface area contributed by atoms with Gasteiger partial charge in [0.2, 0.25) is 11.4 Å². The minimum atomic E-state index is 0.919. The van der Waals surface area contributed by atoms with Crippen molar-refractivity contribution in [2.24, 2.45) is 0 Å². The van der Waals surface area contributed by atoms with Gasteiger partial charge in [0.1, 0.15) is 0 Å². The highest BCUT2D eigenvalue weighted by Crippen LogP contribution is 2.43. The summed E-state index contributed by atoms with van der Waals surface area (Å²) in [5, 5.41) is 0. The molecule has 0 N–H and O–H groups in total. The van der Waals surface area contributed by atoms with Crippen molar-refractivity contribution in [1.29, 1.82) is 0 Å². The van der Waals surface area contributed by atoms with Gasteiger partial charge in [-0.05, 0) is 80.3 Å². The van der Waals surface area contributed by atoms with Crippen molar-refractivity contribution >= 4 is 11.4 Å². The van der Waals surface area contributed by atoms with Crippen molar-refractivity contribution in [3.63, 3.8) is 0 Å². The Hall–Kier alpha value is -2.48. The van der Waals surface area contributed by atoms with Crippen molar-refractivity contribution in [2.45, 2.75) is 98.3 Å². The third-order valence-corrected chi connectivity index (χ3v) is 6.81. The Labute approximate surface area is 201 Å². The monoisotopic (exact) mass is 442 g/mol. The van der Waals surface area contributed by atoms with Gasteiger partial charge >= 0.3 is 0 Å². The molecule has 0 unspecified atom stereocenters. The Morgan fingerprint density at radius 3 is 1.91 bits per heavy atom. The molecule has 0 fully saturated rings. The summed E-state index contributed by atoms with van der Waals surface area (Å²) in [5.41, 5.74) is 21.1. The number of nitrogens with zero attached hydrogens (tertiary/aromatic N) is 2. The zero-order valence-electron chi connectivity index (χ0n) is 21.3. The Morgan fingerprint density at radius 1 is 0.606 bits per heavy atom. The highest BCUT2D eigenvalue weighted by Gasteiger charge is 2.34. The lowest BCUT2D eigenvalue weighted by atomic mass is 9.93. The average molecular weight is 443 g/mol. The van der Waals surface area contributed by atoms with Gasteiger partial charge in [0.15, 0.2) is 0 Å². The van der Waals surface area contributed by atoms with Gasteiger partial charge in [-0.1, -0.05) is 77.6 Å². The molecule has 176 valence electrons. The number of hydrogen-bond acceptors (Lipinski definition) is 0. The van der Waals surface area contributed by atoms with Crippen LogP contribution in [0.25, 0.3) is 16.9 Å². The summed E-state index contributed by atoms with van der Waals surface area (Å²) in [6, 6.07) is 17.7. The van der Waals surface area contributed by atoms with E-state index in [2.05, 4.69) is 76.2 Å². The molecule has 3 rings (SSSR count). The number of benzene rings is 2. The molecule has 0 saturated heterocycles. The number of rotatable bonds is 13. The molecule has 0 radical (unpaired) electrons. The summed E-state index contributed by atoms with van der Waals surface area (Å²) in [6.45, 7) is 8.94. The van der Waals surface area contributed by atoms with Crippen LogP contribution in [-0.2, 0) is 12.8 Å². The summed E-state index contributed by atoms with van der Waals surface area (Å²) in [6.07, 6.45) is 12.6. The first kappa shape index (κ1) is 25.1. The van der Waals surface area contributed by atoms with Gasteiger partial charge in [0.05, 0.1) is 0 Å². The van der Waals surface area contributed by atoms with E-state index in [0.717, 1.165) is 61.0 Å². The molecule has 0 aromatic heterocycles. The molecule has 33 heavy (non-hydrogen) atoms. The fourth-order valence-electron chi connectivity index (χ4n) is 4.91. The van der Waals surface area contributed by atoms with Crippen LogP contribution in [0.4, 0.5) is 0 Å². The fraction of sp³-hybridized carbons (Fsp3) is 0.484. The van der Waals surface area contributed by atoms with Gasteiger partial charge in [0.25, 0.3) is 0 Å². The van der Waals surface area contributed by atoms with Gasteiger partial charge in [-0.25, -0.2) is 4.70 Å². The van der Waals surface area contributed by atoms with Crippen molar-refractivity contribution in [3.05, 3.63) is 87.5 Å². The smallest absolute Gasteiger partial charge is 0.211 e. The average Bonchev–Trinajstić information content (AvgIpc) is 3.13. The third-order valence-electron chi connectivity index (χ3n) is 6.81. The zero-order valence-corrected chi connectivity index (χ0v) is 21.3. The third kappa shape index (κ3) is 6.10. The van der Waals surface area contributed by atoms with Crippen LogP contribution in [-0.4, -0.2) is 4.70 Å². The Bertz CT molecular complexity index is 992. The second-order valence-corrected chi connectivity index (χ2v) is 9.38. The van der Waals surface area contributed by atoms with Crippen molar-refractivity contribution in [3.8, 4) is 0 Å². The molecular formula is C31H42N2. The first-order valence-corrected chi connectivity index (χ1v) is 13.3. The van der Waals surface area contributed by atoms with E-state index in [1.807, 2.05) is 0 Å². The van der Waals surface area contributed by atoms with E-state index in [0.29, 0.717) is 0 Å². The Morgan fingerprint density at radius 2 is 1.24 bits per heavy atom. The van der Waals surface area contributed by atoms with Gasteiger partial charge in [0, 0.05) is 22.3 Å². The first-order valence-electron chi connectivity index (χ1n) is 13.3. The maximum absolute atomic E-state index is 11.6. The van der Waals surface area contributed by atoms with E-state index >= 15 is 0 Å². The molecule has 2 heteroatoms. The second kappa shape index (κ2) is 12.7. The van der Waals surface area contributed by atoms with Gasteiger partial charge in [-0.3, -0.25) is 0 Å². The van der Waals surface area contributed by atoms with Crippen LogP contribution in [0.5, 0.6) is 0 Å². The molecule has 0 atom stereocenters. The molecule has 1 heterocycles. The maximum Gasteiger partial charge on any atom is 0.211 e. The molecule has 0 amide bonds. The molecular weight excluding hydrogens is 400 g/mol. The highest BCUT2D eigenvalue weighted by atomic mass is 15.2. The number of allylic oxidation sites excluding steroid dienone is 2. The second-order valence-electron chi connectivity index (χ2n) is 9.38. The fourth-order valence-corrected chi connectivity index (χ4v) is 4.91. The van der Waals surface area contributed by atoms with E-state index < -0.39 is 0 Å². The summed E-state index contributed by atoms with van der Waals surface area (Å²) >= 11 is 0. The van der Waals surface area contributed by atoms with Gasteiger partial charge in [-0.2, -0.15) is 0 Å². The van der Waals surface area contributed by atoms with Crippen molar-refractivity contribution in [2.75, 3.05) is 0 Å². The molecule has 2 nitrogen and oxygen atoms in total. The standard InChI is InChI=1S/C31H42N2/c1-5-9-12-15-25-16-13-17-27(23-25)31-29(18-11-7-3)28(8-4)30(33(31)32)26-21-19-24(20-22-26)14-10-6-2/h13,16-17,19-23H,5-12,14-15,18H2,1-4H3. The highest BCUT2D eigenvalue weighted by molar-refractivity contribution is 5.82. The van der Waals surface area contributed by atoms with E-state index in [1.165, 1.54) is 59.1 Å². The van der Waals surface area contributed by atoms with Gasteiger partial charge < -0.3 is 5.53 Å². The summed E-state index contributed by atoms with van der Waals surface area (Å²) in [5.74, 6) is 0. The largest absolute Gasteiger partial charge is 0.493 e. The normalized spacial score (nSPS) is 14.0. The van der Waals surface area contributed by atoms with Crippen LogP contribution in [0.1, 0.15) is 108 Å². The molecule has 0 bridgehead atoms. The molecule has 2 aromatic rings. The Kier molecular flexibility index (Phi) is 9.66. The number of unbranched alkanes of at least 4 members (excludes halogenated alkanes) is 4. The quantitative estimate of drug-likeness (QED) is 0.218. The van der Waals surface area contributed by atoms with E-state index in [1.54, 1.807) is 0 Å². The Balaban J connectivity index is 1.99. The summed E-state index contributed by atoms with van der Waals surface area (Å²) in [7, 11) is 0. The van der Waals surface area contributed by atoms with E-state index in [4.69, 9.17) is 0 Å². The predicted molar refractivity (Wildman–Crippen MR) is 142 cm³/mol. The van der Waals surface area contributed by atoms with Gasteiger partial charge in [-0.15, -0.1) is 0 Å². The van der Waals surface area contributed by atoms with Crippen LogP contribution in [0.15, 0.2) is 59.7 Å². The summed E-state index contributed by atoms with van der Waals surface area (Å²) < 4.78 is 1.50. The van der Waals surface area contributed by atoms with Crippen LogP contribution >= 0.6 is 0 Å². The zero-order chi connectivity index (χ0) is 23.6. The SMILES string of the molecule is CCCCCc1cccc(C2=C(CCCC)C(CC)=C(c3ccc(CCCC)cc3)[N+]2=[N-])c1. The van der Waals surface area contributed by atoms with Crippen LogP contribution < -0.4 is 0 Å². The molecule has 1 aliphatic rings. The number of aryl methyl sites for hydroxylation is 2. The lowest BCUT2D eigenvalue weighted by molar-refractivity contribution is -0.345. The van der Waals surface area contributed by atoms with Crippen LogP contribution in [0, 0.1) is 0 Å². The van der Waals surface area contributed by atoms with Crippen LogP contribution in [0.3, 0.4) is 0 Å². The minimum Gasteiger partial charge on any atom is -0.493 e.